The largest absolute Gasteiger partial charge is 0.493 e. The van der Waals surface area contributed by atoms with Crippen LogP contribution in [-0.4, -0.2) is 41.3 Å². The van der Waals surface area contributed by atoms with Gasteiger partial charge in [0.15, 0.2) is 18.1 Å². The van der Waals surface area contributed by atoms with E-state index >= 15 is 0 Å². The lowest BCUT2D eigenvalue weighted by atomic mass is 10.1. The number of thiocarbonyl (C=S) groups is 1. The van der Waals surface area contributed by atoms with Crippen molar-refractivity contribution in [2.75, 3.05) is 25.6 Å². The van der Waals surface area contributed by atoms with Gasteiger partial charge in [-0.1, -0.05) is 37.0 Å². The van der Waals surface area contributed by atoms with E-state index in [-0.39, 0.29) is 18.4 Å². The molecule has 33 heavy (non-hydrogen) atoms. The Kier molecular flexibility index (Phi) is 8.56. The van der Waals surface area contributed by atoms with Gasteiger partial charge in [0.1, 0.15) is 4.32 Å². The Morgan fingerprint density at radius 3 is 2.55 bits per heavy atom. The number of benzene rings is 2. The van der Waals surface area contributed by atoms with E-state index in [0.717, 1.165) is 28.8 Å². The third-order valence-corrected chi connectivity index (χ3v) is 6.69. The van der Waals surface area contributed by atoms with Gasteiger partial charge in [-0.25, -0.2) is 0 Å². The summed E-state index contributed by atoms with van der Waals surface area (Å²) >= 11 is 10.1. The standard InChI is InChI=1S/C24H25BrN2O4S2/c1-5-6-27-23(29)20(33-24(27)32)12-16-10-18(25)22(19(11-16)30-4)31-13-21(28)26-17-8-14(2)7-15(3)9-17/h7-12H,5-6,13H2,1-4H3,(H,26,28)/b20-12-. The predicted molar refractivity (Wildman–Crippen MR) is 141 cm³/mol. The van der Waals surface area contributed by atoms with Crippen LogP contribution in [0.25, 0.3) is 6.08 Å². The fourth-order valence-corrected chi connectivity index (χ4v) is 5.30. The summed E-state index contributed by atoms with van der Waals surface area (Å²) in [5.41, 5.74) is 3.61. The Balaban J connectivity index is 1.73. The van der Waals surface area contributed by atoms with E-state index in [1.807, 2.05) is 45.0 Å². The first kappa shape index (κ1) is 25.3. The van der Waals surface area contributed by atoms with Gasteiger partial charge in [-0.15, -0.1) is 0 Å². The van der Waals surface area contributed by atoms with Gasteiger partial charge in [-0.05, 0) is 83.2 Å². The van der Waals surface area contributed by atoms with Gasteiger partial charge in [-0.3, -0.25) is 14.5 Å². The van der Waals surface area contributed by atoms with Crippen LogP contribution in [0, 0.1) is 13.8 Å². The van der Waals surface area contributed by atoms with Gasteiger partial charge in [0.2, 0.25) is 0 Å². The van der Waals surface area contributed by atoms with Crippen LogP contribution in [0.5, 0.6) is 11.5 Å². The number of ether oxygens (including phenoxy) is 2. The Morgan fingerprint density at radius 1 is 1.21 bits per heavy atom. The number of rotatable bonds is 8. The molecule has 0 aromatic heterocycles. The van der Waals surface area contributed by atoms with Gasteiger partial charge >= 0.3 is 0 Å². The second kappa shape index (κ2) is 11.2. The van der Waals surface area contributed by atoms with E-state index in [0.29, 0.717) is 31.7 Å². The number of aryl methyl sites for hydroxylation is 2. The van der Waals surface area contributed by atoms with Crippen LogP contribution < -0.4 is 14.8 Å². The Hall–Kier alpha value is -2.36. The number of carbonyl (C=O) groups excluding carboxylic acids is 2. The van der Waals surface area contributed by atoms with Crippen molar-refractivity contribution in [2.24, 2.45) is 0 Å². The predicted octanol–water partition coefficient (Wildman–Crippen LogP) is 5.70. The van der Waals surface area contributed by atoms with E-state index in [4.69, 9.17) is 21.7 Å². The second-order valence-corrected chi connectivity index (χ2v) is 10.1. The average molecular weight is 550 g/mol. The van der Waals surface area contributed by atoms with Gasteiger partial charge in [-0.2, -0.15) is 0 Å². The highest BCUT2D eigenvalue weighted by molar-refractivity contribution is 9.10. The first-order chi connectivity index (χ1) is 15.7. The maximum Gasteiger partial charge on any atom is 0.266 e. The molecule has 0 saturated carbocycles. The zero-order valence-corrected chi connectivity index (χ0v) is 22.1. The monoisotopic (exact) mass is 548 g/mol. The molecule has 3 rings (SSSR count). The van der Waals surface area contributed by atoms with Crippen molar-refractivity contribution in [1.29, 1.82) is 0 Å². The molecule has 0 aliphatic carbocycles. The zero-order valence-electron chi connectivity index (χ0n) is 18.9. The molecule has 1 N–H and O–H groups in total. The first-order valence-corrected chi connectivity index (χ1v) is 12.4. The Bertz CT molecular complexity index is 1110. The van der Waals surface area contributed by atoms with Gasteiger partial charge in [0.05, 0.1) is 16.5 Å². The fraction of sp³-hybridized carbons (Fsp3) is 0.292. The zero-order chi connectivity index (χ0) is 24.1. The number of thioether (sulfide) groups is 1. The maximum atomic E-state index is 12.6. The quantitative estimate of drug-likeness (QED) is 0.337. The number of halogens is 1. The average Bonchev–Trinajstić information content (AvgIpc) is 2.99. The minimum Gasteiger partial charge on any atom is -0.493 e. The molecule has 1 aliphatic rings. The summed E-state index contributed by atoms with van der Waals surface area (Å²) in [6, 6.07) is 9.41. The molecule has 0 radical (unpaired) electrons. The smallest absolute Gasteiger partial charge is 0.266 e. The number of amides is 2. The van der Waals surface area contributed by atoms with E-state index in [1.54, 1.807) is 17.0 Å². The van der Waals surface area contributed by atoms with Crippen molar-refractivity contribution in [2.45, 2.75) is 27.2 Å². The molecule has 6 nitrogen and oxygen atoms in total. The van der Waals surface area contributed by atoms with Crippen molar-refractivity contribution >= 4 is 67.8 Å². The molecule has 2 aromatic carbocycles. The van der Waals surface area contributed by atoms with E-state index in [9.17, 15) is 9.59 Å². The topological polar surface area (TPSA) is 67.9 Å². The molecular formula is C24H25BrN2O4S2. The molecule has 9 heteroatoms. The molecular weight excluding hydrogens is 524 g/mol. The molecule has 0 unspecified atom stereocenters. The number of hydrogen-bond acceptors (Lipinski definition) is 6. The van der Waals surface area contributed by atoms with E-state index < -0.39 is 0 Å². The molecule has 0 atom stereocenters. The third-order valence-electron chi connectivity index (χ3n) is 4.72. The number of nitrogens with one attached hydrogen (secondary N) is 1. The van der Waals surface area contributed by atoms with Crippen LogP contribution in [0.15, 0.2) is 39.7 Å². The fourth-order valence-electron chi connectivity index (χ4n) is 3.41. The summed E-state index contributed by atoms with van der Waals surface area (Å²) in [5, 5.41) is 2.85. The van der Waals surface area contributed by atoms with E-state index in [1.165, 1.54) is 18.9 Å². The molecule has 174 valence electrons. The van der Waals surface area contributed by atoms with Crippen molar-refractivity contribution < 1.29 is 19.1 Å². The Labute approximate surface area is 211 Å². The molecule has 0 bridgehead atoms. The van der Waals surface area contributed by atoms with Gasteiger partial charge < -0.3 is 14.8 Å². The van der Waals surface area contributed by atoms with Crippen LogP contribution in [-0.2, 0) is 9.59 Å². The van der Waals surface area contributed by atoms with Crippen LogP contribution in [0.2, 0.25) is 0 Å². The SMILES string of the molecule is CCCN1C(=O)/C(=C/c2cc(Br)c(OCC(=O)Nc3cc(C)cc(C)c3)c(OC)c2)SC1=S. The molecule has 0 spiro atoms. The number of carbonyl (C=O) groups is 2. The number of nitrogens with zero attached hydrogens (tertiary/aromatic N) is 1. The summed E-state index contributed by atoms with van der Waals surface area (Å²) < 4.78 is 12.4. The van der Waals surface area contributed by atoms with Crippen LogP contribution in [0.1, 0.15) is 30.0 Å². The van der Waals surface area contributed by atoms with Gasteiger partial charge in [0.25, 0.3) is 11.8 Å². The number of methoxy groups -OCH3 is 1. The van der Waals surface area contributed by atoms with Crippen LogP contribution in [0.3, 0.4) is 0 Å². The molecule has 2 aromatic rings. The molecule has 1 aliphatic heterocycles. The normalized spacial score (nSPS) is 14.7. The summed E-state index contributed by atoms with van der Waals surface area (Å²) in [6.07, 6.45) is 2.61. The highest BCUT2D eigenvalue weighted by atomic mass is 79.9. The highest BCUT2D eigenvalue weighted by Gasteiger charge is 2.31. The first-order valence-electron chi connectivity index (χ1n) is 10.4. The van der Waals surface area contributed by atoms with Crippen molar-refractivity contribution in [3.8, 4) is 11.5 Å². The molecule has 1 fully saturated rings. The minimum atomic E-state index is -0.280. The summed E-state index contributed by atoms with van der Waals surface area (Å²) in [4.78, 5) is 27.2. The maximum absolute atomic E-state index is 12.6. The number of anilines is 1. The van der Waals surface area contributed by atoms with Crippen molar-refractivity contribution in [1.82, 2.24) is 4.90 Å². The van der Waals surface area contributed by atoms with E-state index in [2.05, 4.69) is 21.2 Å². The third kappa shape index (κ3) is 6.37. The molecule has 1 heterocycles. The summed E-state index contributed by atoms with van der Waals surface area (Å²) in [5.74, 6) is 0.477. The van der Waals surface area contributed by atoms with Crippen LogP contribution in [0.4, 0.5) is 5.69 Å². The molecule has 2 amide bonds. The Morgan fingerprint density at radius 2 is 1.91 bits per heavy atom. The lowest BCUT2D eigenvalue weighted by Crippen LogP contribution is -2.28. The number of hydrogen-bond donors (Lipinski definition) is 1. The highest BCUT2D eigenvalue weighted by Crippen LogP contribution is 2.39. The van der Waals surface area contributed by atoms with Gasteiger partial charge in [0, 0.05) is 12.2 Å². The van der Waals surface area contributed by atoms with Crippen LogP contribution >= 0.6 is 39.9 Å². The van der Waals surface area contributed by atoms with Crippen molar-refractivity contribution in [3.63, 3.8) is 0 Å². The minimum absolute atomic E-state index is 0.0923. The summed E-state index contributed by atoms with van der Waals surface area (Å²) in [7, 11) is 1.52. The molecule has 1 saturated heterocycles. The summed E-state index contributed by atoms with van der Waals surface area (Å²) in [6.45, 7) is 6.38. The lowest BCUT2D eigenvalue weighted by Gasteiger charge is -2.14. The van der Waals surface area contributed by atoms with Crippen molar-refractivity contribution in [3.05, 3.63) is 56.4 Å². The lowest BCUT2D eigenvalue weighted by molar-refractivity contribution is -0.122. The second-order valence-electron chi connectivity index (χ2n) is 7.58.